The molecule has 2 amide bonds. The van der Waals surface area contributed by atoms with Gasteiger partial charge in [0.25, 0.3) is 11.8 Å². The van der Waals surface area contributed by atoms with Crippen LogP contribution in [0.3, 0.4) is 0 Å². The Bertz CT molecular complexity index is 533. The first-order chi connectivity index (χ1) is 9.24. The highest BCUT2D eigenvalue weighted by Gasteiger charge is 2.40. The van der Waals surface area contributed by atoms with Gasteiger partial charge in [0, 0.05) is 13.1 Å². The van der Waals surface area contributed by atoms with Crippen LogP contribution in [0.5, 0.6) is 0 Å². The van der Waals surface area contributed by atoms with Crippen molar-refractivity contribution in [1.29, 1.82) is 0 Å². The molecule has 1 fully saturated rings. The maximum atomic E-state index is 12.5. The summed E-state index contributed by atoms with van der Waals surface area (Å²) in [6.45, 7) is 3.61. The molecule has 0 N–H and O–H groups in total. The van der Waals surface area contributed by atoms with Crippen LogP contribution >= 0.6 is 0 Å². The van der Waals surface area contributed by atoms with E-state index in [1.54, 1.807) is 6.07 Å². The topological polar surface area (TPSA) is 40.6 Å². The van der Waals surface area contributed by atoms with Gasteiger partial charge in [-0.25, -0.2) is 10.0 Å². The van der Waals surface area contributed by atoms with E-state index >= 15 is 0 Å². The molecule has 0 saturated carbocycles. The number of hydrogen-bond acceptors (Lipinski definition) is 3. The number of benzene rings is 1. The van der Waals surface area contributed by atoms with E-state index in [1.165, 1.54) is 11.4 Å². The molecule has 0 unspecified atom stereocenters. The Kier molecular flexibility index (Phi) is 3.11. The van der Waals surface area contributed by atoms with E-state index in [0.717, 1.165) is 37.9 Å². The number of amides is 2. The van der Waals surface area contributed by atoms with Crippen molar-refractivity contribution in [3.63, 3.8) is 0 Å². The van der Waals surface area contributed by atoms with E-state index in [4.69, 9.17) is 0 Å². The minimum Gasteiger partial charge on any atom is -0.267 e. The van der Waals surface area contributed by atoms with E-state index in [0.29, 0.717) is 11.1 Å². The Labute approximate surface area is 113 Å². The van der Waals surface area contributed by atoms with Crippen molar-refractivity contribution in [2.45, 2.75) is 32.6 Å². The molecule has 4 heteroatoms. The van der Waals surface area contributed by atoms with Crippen LogP contribution in [0.4, 0.5) is 0 Å². The third-order valence-corrected chi connectivity index (χ3v) is 3.98. The van der Waals surface area contributed by atoms with Crippen LogP contribution < -0.4 is 0 Å². The lowest BCUT2D eigenvalue weighted by molar-refractivity contribution is -0.00685. The standard InChI is InChI=1S/C15H18N2O2/c1-2-11-7-6-8-12-13(11)15(19)17(14(12)18)16-9-4-3-5-10-16/h6-8H,2-5,9-10H2,1H3. The highest BCUT2D eigenvalue weighted by molar-refractivity contribution is 6.21. The molecule has 3 rings (SSSR count). The summed E-state index contributed by atoms with van der Waals surface area (Å²) < 4.78 is 0. The van der Waals surface area contributed by atoms with Gasteiger partial charge in [0.05, 0.1) is 11.1 Å². The molecule has 0 spiro atoms. The van der Waals surface area contributed by atoms with Crippen LogP contribution in [0.15, 0.2) is 18.2 Å². The summed E-state index contributed by atoms with van der Waals surface area (Å²) in [4.78, 5) is 25.0. The van der Waals surface area contributed by atoms with Crippen LogP contribution in [0.25, 0.3) is 0 Å². The lowest BCUT2D eigenvalue weighted by atomic mass is 10.0. The first-order valence-electron chi connectivity index (χ1n) is 6.99. The van der Waals surface area contributed by atoms with Crippen LogP contribution in [0.2, 0.25) is 0 Å². The molecular formula is C15H18N2O2. The first kappa shape index (κ1) is 12.4. The summed E-state index contributed by atoms with van der Waals surface area (Å²) in [6.07, 6.45) is 4.05. The van der Waals surface area contributed by atoms with Crippen LogP contribution in [0, 0.1) is 0 Å². The molecule has 4 nitrogen and oxygen atoms in total. The quantitative estimate of drug-likeness (QED) is 0.764. The van der Waals surface area contributed by atoms with Crippen LogP contribution in [-0.4, -0.2) is 34.9 Å². The molecule has 1 saturated heterocycles. The fourth-order valence-corrected chi connectivity index (χ4v) is 2.97. The SMILES string of the molecule is CCc1cccc2c1C(=O)N(N1CCCCC1)C2=O. The lowest BCUT2D eigenvalue weighted by Crippen LogP contribution is -2.48. The molecule has 0 radical (unpaired) electrons. The van der Waals surface area contributed by atoms with Gasteiger partial charge >= 0.3 is 0 Å². The number of carbonyl (C=O) groups excluding carboxylic acids is 2. The summed E-state index contributed by atoms with van der Waals surface area (Å²) in [5, 5.41) is 3.27. The molecule has 2 aliphatic rings. The molecule has 1 aromatic rings. The zero-order chi connectivity index (χ0) is 13.4. The van der Waals surface area contributed by atoms with Gasteiger partial charge in [-0.05, 0) is 30.9 Å². The molecule has 0 aromatic heterocycles. The minimum absolute atomic E-state index is 0.139. The zero-order valence-electron chi connectivity index (χ0n) is 11.2. The molecular weight excluding hydrogens is 240 g/mol. The van der Waals surface area contributed by atoms with Gasteiger partial charge in [-0.2, -0.15) is 0 Å². The second kappa shape index (κ2) is 4.78. The number of nitrogens with zero attached hydrogens (tertiary/aromatic N) is 2. The van der Waals surface area contributed by atoms with Crippen molar-refractivity contribution in [3.8, 4) is 0 Å². The molecule has 0 bridgehead atoms. The van der Waals surface area contributed by atoms with Crippen molar-refractivity contribution in [2.75, 3.05) is 13.1 Å². The fourth-order valence-electron chi connectivity index (χ4n) is 2.97. The summed E-state index contributed by atoms with van der Waals surface area (Å²) in [5.41, 5.74) is 2.14. The number of hydrogen-bond donors (Lipinski definition) is 0. The third-order valence-electron chi connectivity index (χ3n) is 3.98. The second-order valence-electron chi connectivity index (χ2n) is 5.13. The Hall–Kier alpha value is -1.68. The predicted molar refractivity (Wildman–Crippen MR) is 71.7 cm³/mol. The lowest BCUT2D eigenvalue weighted by Gasteiger charge is -2.32. The maximum absolute atomic E-state index is 12.5. The highest BCUT2D eigenvalue weighted by atomic mass is 16.2. The smallest absolute Gasteiger partial charge is 0.267 e. The predicted octanol–water partition coefficient (Wildman–Crippen LogP) is 2.25. The molecule has 0 aliphatic carbocycles. The molecule has 0 atom stereocenters. The number of hydrazine groups is 1. The maximum Gasteiger partial charge on any atom is 0.276 e. The van der Waals surface area contributed by atoms with Gasteiger partial charge in [-0.1, -0.05) is 25.5 Å². The van der Waals surface area contributed by atoms with E-state index in [1.807, 2.05) is 24.1 Å². The minimum atomic E-state index is -0.155. The number of rotatable bonds is 2. The zero-order valence-corrected chi connectivity index (χ0v) is 11.2. The molecule has 100 valence electrons. The molecule has 2 aliphatic heterocycles. The molecule has 19 heavy (non-hydrogen) atoms. The van der Waals surface area contributed by atoms with Gasteiger partial charge in [-0.3, -0.25) is 9.59 Å². The third kappa shape index (κ3) is 1.87. The van der Waals surface area contributed by atoms with Crippen molar-refractivity contribution >= 4 is 11.8 Å². The van der Waals surface area contributed by atoms with Gasteiger partial charge in [-0.15, -0.1) is 0 Å². The number of aryl methyl sites for hydroxylation is 1. The Morgan fingerprint density at radius 3 is 2.47 bits per heavy atom. The summed E-state index contributed by atoms with van der Waals surface area (Å²) >= 11 is 0. The van der Waals surface area contributed by atoms with Crippen molar-refractivity contribution < 1.29 is 9.59 Å². The van der Waals surface area contributed by atoms with E-state index < -0.39 is 0 Å². The van der Waals surface area contributed by atoms with Crippen LogP contribution in [-0.2, 0) is 6.42 Å². The fraction of sp³-hybridized carbons (Fsp3) is 0.467. The number of carbonyl (C=O) groups is 2. The second-order valence-corrected chi connectivity index (χ2v) is 5.13. The number of imide groups is 1. The first-order valence-corrected chi connectivity index (χ1v) is 6.99. The largest absolute Gasteiger partial charge is 0.276 e. The summed E-state index contributed by atoms with van der Waals surface area (Å²) in [6, 6.07) is 5.56. The van der Waals surface area contributed by atoms with Gasteiger partial charge in [0.2, 0.25) is 0 Å². The Morgan fingerprint density at radius 2 is 1.79 bits per heavy atom. The number of piperidine rings is 1. The van der Waals surface area contributed by atoms with E-state index in [2.05, 4.69) is 0 Å². The van der Waals surface area contributed by atoms with Crippen molar-refractivity contribution in [3.05, 3.63) is 34.9 Å². The normalized spacial score (nSPS) is 19.9. The van der Waals surface area contributed by atoms with Crippen LogP contribution in [0.1, 0.15) is 52.5 Å². The van der Waals surface area contributed by atoms with Gasteiger partial charge in [0.1, 0.15) is 0 Å². The average molecular weight is 258 g/mol. The Balaban J connectivity index is 1.99. The molecule has 2 heterocycles. The van der Waals surface area contributed by atoms with E-state index in [9.17, 15) is 9.59 Å². The van der Waals surface area contributed by atoms with Crippen molar-refractivity contribution in [1.82, 2.24) is 10.0 Å². The monoisotopic (exact) mass is 258 g/mol. The Morgan fingerprint density at radius 1 is 1.05 bits per heavy atom. The summed E-state index contributed by atoms with van der Waals surface area (Å²) in [7, 11) is 0. The van der Waals surface area contributed by atoms with Crippen molar-refractivity contribution in [2.24, 2.45) is 0 Å². The molecule has 1 aromatic carbocycles. The average Bonchev–Trinajstić information content (AvgIpc) is 2.72. The highest BCUT2D eigenvalue weighted by Crippen LogP contribution is 2.28. The van der Waals surface area contributed by atoms with E-state index in [-0.39, 0.29) is 11.8 Å². The van der Waals surface area contributed by atoms with Gasteiger partial charge in [0.15, 0.2) is 0 Å². The summed E-state index contributed by atoms with van der Waals surface area (Å²) in [5.74, 6) is -0.295. The van der Waals surface area contributed by atoms with Gasteiger partial charge < -0.3 is 0 Å². The number of fused-ring (bicyclic) bond motifs is 1.